The number of hydrogen-bond acceptors (Lipinski definition) is 3. The van der Waals surface area contributed by atoms with Gasteiger partial charge in [-0.1, -0.05) is 6.92 Å². The van der Waals surface area contributed by atoms with E-state index in [1.54, 1.807) is 6.20 Å². The Labute approximate surface area is 76.7 Å². The van der Waals surface area contributed by atoms with Crippen LogP contribution in [0.15, 0.2) is 6.20 Å². The summed E-state index contributed by atoms with van der Waals surface area (Å²) < 4.78 is 1.17. The van der Waals surface area contributed by atoms with Crippen LogP contribution in [0.3, 0.4) is 0 Å². The molecular weight excluding hydrogens is 164 g/mol. The van der Waals surface area contributed by atoms with Gasteiger partial charge in [0, 0.05) is 6.20 Å². The molecule has 0 fully saturated rings. The summed E-state index contributed by atoms with van der Waals surface area (Å²) in [6.45, 7) is 3.85. The molecule has 0 aliphatic rings. The SMILES string of the molecule is CCc1c(C)cn(N)c(=N)c1C#N. The third kappa shape index (κ3) is 1.41. The van der Waals surface area contributed by atoms with E-state index in [1.165, 1.54) is 4.68 Å². The van der Waals surface area contributed by atoms with Crippen molar-refractivity contribution in [3.63, 3.8) is 0 Å². The standard InChI is InChI=1S/C9H12N4/c1-3-7-6(2)5-13(12)9(11)8(7)4-10/h5,11H,3,12H2,1-2H3. The van der Waals surface area contributed by atoms with Gasteiger partial charge in [0.1, 0.15) is 6.07 Å². The van der Waals surface area contributed by atoms with Gasteiger partial charge >= 0.3 is 0 Å². The van der Waals surface area contributed by atoms with E-state index in [1.807, 2.05) is 19.9 Å². The van der Waals surface area contributed by atoms with Crippen LogP contribution in [0.4, 0.5) is 0 Å². The number of aryl methyl sites for hydroxylation is 1. The fraction of sp³-hybridized carbons (Fsp3) is 0.333. The van der Waals surface area contributed by atoms with Crippen LogP contribution >= 0.6 is 0 Å². The Balaban J connectivity index is 3.64. The lowest BCUT2D eigenvalue weighted by Crippen LogP contribution is -2.30. The number of rotatable bonds is 1. The third-order valence-corrected chi connectivity index (χ3v) is 2.07. The Bertz CT molecular complexity index is 422. The van der Waals surface area contributed by atoms with Gasteiger partial charge in [-0.15, -0.1) is 0 Å². The minimum Gasteiger partial charge on any atom is -0.338 e. The molecule has 0 aromatic carbocycles. The highest BCUT2D eigenvalue weighted by Gasteiger charge is 2.07. The molecule has 1 aromatic heterocycles. The molecule has 0 unspecified atom stereocenters. The highest BCUT2D eigenvalue weighted by Crippen LogP contribution is 2.09. The largest absolute Gasteiger partial charge is 0.338 e. The van der Waals surface area contributed by atoms with E-state index in [0.29, 0.717) is 5.56 Å². The second-order valence-corrected chi connectivity index (χ2v) is 2.89. The fourth-order valence-electron chi connectivity index (χ4n) is 1.40. The van der Waals surface area contributed by atoms with E-state index >= 15 is 0 Å². The number of nitrogen functional groups attached to an aromatic ring is 1. The molecular formula is C9H12N4. The van der Waals surface area contributed by atoms with Gasteiger partial charge in [0.25, 0.3) is 0 Å². The number of aromatic nitrogens is 1. The Morgan fingerprint density at radius 3 is 2.77 bits per heavy atom. The van der Waals surface area contributed by atoms with Crippen molar-refractivity contribution in [2.24, 2.45) is 0 Å². The maximum atomic E-state index is 8.84. The van der Waals surface area contributed by atoms with Crippen LogP contribution in [0.5, 0.6) is 0 Å². The Morgan fingerprint density at radius 1 is 1.69 bits per heavy atom. The van der Waals surface area contributed by atoms with Gasteiger partial charge in [-0.05, 0) is 24.5 Å². The molecule has 0 aliphatic carbocycles. The Morgan fingerprint density at radius 2 is 2.31 bits per heavy atom. The summed E-state index contributed by atoms with van der Waals surface area (Å²) in [4.78, 5) is 0. The van der Waals surface area contributed by atoms with Crippen molar-refractivity contribution in [2.75, 3.05) is 5.84 Å². The maximum absolute atomic E-state index is 8.84. The molecule has 0 saturated heterocycles. The zero-order valence-corrected chi connectivity index (χ0v) is 7.76. The molecule has 0 aliphatic heterocycles. The second kappa shape index (κ2) is 3.31. The van der Waals surface area contributed by atoms with E-state index in [9.17, 15) is 0 Å². The molecule has 4 nitrogen and oxygen atoms in total. The number of nitrogens with one attached hydrogen (secondary N) is 1. The number of pyridine rings is 1. The smallest absolute Gasteiger partial charge is 0.161 e. The zero-order valence-electron chi connectivity index (χ0n) is 7.76. The summed E-state index contributed by atoms with van der Waals surface area (Å²) in [5, 5.41) is 16.4. The van der Waals surface area contributed by atoms with Crippen molar-refractivity contribution < 1.29 is 0 Å². The molecule has 1 heterocycles. The molecule has 0 saturated carbocycles. The van der Waals surface area contributed by atoms with E-state index < -0.39 is 0 Å². The Kier molecular flexibility index (Phi) is 2.38. The van der Waals surface area contributed by atoms with Gasteiger partial charge in [0.15, 0.2) is 5.49 Å². The van der Waals surface area contributed by atoms with Crippen molar-refractivity contribution in [1.82, 2.24) is 4.68 Å². The van der Waals surface area contributed by atoms with Gasteiger partial charge in [-0.2, -0.15) is 5.26 Å². The van der Waals surface area contributed by atoms with Gasteiger partial charge in [0.2, 0.25) is 0 Å². The maximum Gasteiger partial charge on any atom is 0.161 e. The molecule has 0 amide bonds. The van der Waals surface area contributed by atoms with Gasteiger partial charge in [0.05, 0.1) is 5.56 Å². The van der Waals surface area contributed by atoms with Gasteiger partial charge in [-0.25, -0.2) is 0 Å². The lowest BCUT2D eigenvalue weighted by molar-refractivity contribution is 0.847. The van der Waals surface area contributed by atoms with Gasteiger partial charge < -0.3 is 5.84 Å². The van der Waals surface area contributed by atoms with Crippen molar-refractivity contribution in [3.8, 4) is 6.07 Å². The topological polar surface area (TPSA) is 78.6 Å². The summed E-state index contributed by atoms with van der Waals surface area (Å²) in [5.41, 5.74) is 2.32. The summed E-state index contributed by atoms with van der Waals surface area (Å²) in [6.07, 6.45) is 2.42. The van der Waals surface area contributed by atoms with Crippen LogP contribution in [0.1, 0.15) is 23.6 Å². The molecule has 0 radical (unpaired) electrons. The van der Waals surface area contributed by atoms with E-state index in [0.717, 1.165) is 17.5 Å². The van der Waals surface area contributed by atoms with Crippen LogP contribution in [-0.2, 0) is 6.42 Å². The zero-order chi connectivity index (χ0) is 10.0. The van der Waals surface area contributed by atoms with E-state index in [4.69, 9.17) is 16.5 Å². The first kappa shape index (κ1) is 9.33. The number of hydrogen-bond donors (Lipinski definition) is 2. The molecule has 1 rings (SSSR count). The van der Waals surface area contributed by atoms with E-state index in [2.05, 4.69) is 0 Å². The van der Waals surface area contributed by atoms with Crippen LogP contribution in [0.2, 0.25) is 0 Å². The second-order valence-electron chi connectivity index (χ2n) is 2.89. The number of nitrogens with zero attached hydrogens (tertiary/aromatic N) is 2. The quantitative estimate of drug-likeness (QED) is 0.608. The van der Waals surface area contributed by atoms with E-state index in [-0.39, 0.29) is 5.49 Å². The fourth-order valence-corrected chi connectivity index (χ4v) is 1.40. The molecule has 4 heteroatoms. The summed E-state index contributed by atoms with van der Waals surface area (Å²) >= 11 is 0. The minimum atomic E-state index is 0.0740. The third-order valence-electron chi connectivity index (χ3n) is 2.07. The molecule has 0 spiro atoms. The molecule has 0 bridgehead atoms. The highest BCUT2D eigenvalue weighted by atomic mass is 15.3. The van der Waals surface area contributed by atoms with Crippen molar-refractivity contribution in [2.45, 2.75) is 20.3 Å². The number of nitrogens with two attached hydrogens (primary N) is 1. The summed E-state index contributed by atoms with van der Waals surface area (Å²) in [7, 11) is 0. The monoisotopic (exact) mass is 176 g/mol. The van der Waals surface area contributed by atoms with Crippen LogP contribution in [0.25, 0.3) is 0 Å². The Hall–Kier alpha value is -1.76. The lowest BCUT2D eigenvalue weighted by Gasteiger charge is -2.08. The van der Waals surface area contributed by atoms with Gasteiger partial charge in [-0.3, -0.25) is 10.1 Å². The average molecular weight is 176 g/mol. The predicted molar refractivity (Wildman–Crippen MR) is 49.3 cm³/mol. The predicted octanol–water partition coefficient (Wildman–Crippen LogP) is 0.424. The van der Waals surface area contributed by atoms with Crippen LogP contribution in [0, 0.1) is 23.7 Å². The number of nitriles is 1. The minimum absolute atomic E-state index is 0.0740. The first-order chi connectivity index (χ1) is 6.11. The van der Waals surface area contributed by atoms with Crippen molar-refractivity contribution in [3.05, 3.63) is 28.4 Å². The van der Waals surface area contributed by atoms with Crippen LogP contribution in [-0.4, -0.2) is 4.68 Å². The van der Waals surface area contributed by atoms with Crippen LogP contribution < -0.4 is 11.3 Å². The highest BCUT2D eigenvalue weighted by molar-refractivity contribution is 5.39. The summed E-state index contributed by atoms with van der Waals surface area (Å²) in [5.74, 6) is 5.50. The van der Waals surface area contributed by atoms with Crippen molar-refractivity contribution in [1.29, 1.82) is 10.7 Å². The normalized spacial score (nSPS) is 9.62. The first-order valence-corrected chi connectivity index (χ1v) is 4.06. The molecule has 1 aromatic rings. The summed E-state index contributed by atoms with van der Waals surface area (Å²) in [6, 6.07) is 2.01. The lowest BCUT2D eigenvalue weighted by atomic mass is 10.0. The average Bonchev–Trinajstić information content (AvgIpc) is 2.10. The van der Waals surface area contributed by atoms with Crippen molar-refractivity contribution >= 4 is 0 Å². The first-order valence-electron chi connectivity index (χ1n) is 4.06. The molecule has 13 heavy (non-hydrogen) atoms. The molecule has 3 N–H and O–H groups in total. The molecule has 0 atom stereocenters. The molecule has 68 valence electrons.